The van der Waals surface area contributed by atoms with Gasteiger partial charge in [0.2, 0.25) is 0 Å². The number of anilines is 3. The molecule has 0 aromatic heterocycles. The predicted octanol–water partition coefficient (Wildman–Crippen LogP) is 7.58. The van der Waals surface area contributed by atoms with Crippen molar-refractivity contribution in [2.75, 3.05) is 49.3 Å². The summed E-state index contributed by atoms with van der Waals surface area (Å²) in [5.74, 6) is -0.705. The highest BCUT2D eigenvalue weighted by atomic mass is 19.1. The number of rotatable bonds is 7. The molecule has 1 aliphatic rings. The number of likely N-dealkylation sites (N-methyl/N-ethyl adjacent to an activating group) is 1. The number of nitrogens with one attached hydrogen (secondary N) is 3. The van der Waals surface area contributed by atoms with Gasteiger partial charge in [0.05, 0.1) is 36.1 Å². The average Bonchev–Trinajstić information content (AvgIpc) is 3.13. The molecule has 0 bridgehead atoms. The summed E-state index contributed by atoms with van der Waals surface area (Å²) in [4.78, 5) is 43.9. The largest absolute Gasteiger partial charge is 0.490 e. The van der Waals surface area contributed by atoms with Crippen LogP contribution < -0.4 is 20.7 Å². The Morgan fingerprint density at radius 1 is 0.962 bits per heavy atom. The molecule has 276 valence electrons. The third-order valence-corrected chi connectivity index (χ3v) is 9.24. The zero-order valence-corrected chi connectivity index (χ0v) is 30.1. The van der Waals surface area contributed by atoms with E-state index >= 15 is 0 Å². The van der Waals surface area contributed by atoms with E-state index in [1.54, 1.807) is 42.0 Å². The number of benzene rings is 4. The summed E-state index contributed by atoms with van der Waals surface area (Å²) >= 11 is 0. The van der Waals surface area contributed by atoms with Gasteiger partial charge in [-0.25, -0.2) is 14.0 Å². The number of nitrogens with zero attached hydrogens (tertiary/aromatic N) is 2. The van der Waals surface area contributed by atoms with Crippen molar-refractivity contribution < 1.29 is 33.4 Å². The number of urea groups is 2. The second-order valence-electron chi connectivity index (χ2n) is 13.4. The zero-order chi connectivity index (χ0) is 37.2. The summed E-state index contributed by atoms with van der Waals surface area (Å²) in [6.45, 7) is 6.31. The van der Waals surface area contributed by atoms with Crippen LogP contribution in [0.5, 0.6) is 5.75 Å². The van der Waals surface area contributed by atoms with Crippen LogP contribution in [0.4, 0.5) is 31.0 Å². The van der Waals surface area contributed by atoms with Crippen molar-refractivity contribution in [2.24, 2.45) is 5.92 Å². The van der Waals surface area contributed by atoms with Gasteiger partial charge in [0.15, 0.2) is 0 Å². The molecule has 4 N–H and O–H groups in total. The Morgan fingerprint density at radius 3 is 2.44 bits per heavy atom. The van der Waals surface area contributed by atoms with Gasteiger partial charge in [-0.15, -0.1) is 0 Å². The quantitative estimate of drug-likeness (QED) is 0.156. The molecule has 0 unspecified atom stereocenters. The average molecular weight is 714 g/mol. The molecule has 5 amide bonds. The molecule has 12 heteroatoms. The lowest BCUT2D eigenvalue weighted by molar-refractivity contribution is -0.0115. The maximum absolute atomic E-state index is 14.4. The van der Waals surface area contributed by atoms with E-state index in [9.17, 15) is 23.9 Å². The number of carbonyl (C=O) groups is 3. The molecule has 11 nitrogen and oxygen atoms in total. The van der Waals surface area contributed by atoms with Crippen LogP contribution in [0.2, 0.25) is 0 Å². The standard InChI is InChI=1S/C40H48FN5O6/c1-26-23-46(27(2)25-47)38(48)34-22-32(43-39(49)42-31-17-15-30(41)16-18-31)19-20-36(34)52-28(3)10-7-8-21-51-37(26)24-45(4)40(50)44-35-14-9-12-29-11-5-6-13-33(29)35/h5-6,9,11-20,22,26-28,37,47H,7-8,10,21,23-25H2,1-4H3,(H,44,50)(H2,42,43,49)/t26-,27+,28+,37+/m1/s1. The topological polar surface area (TPSA) is 132 Å². The Balaban J connectivity index is 1.36. The van der Waals surface area contributed by atoms with Crippen molar-refractivity contribution in [3.8, 4) is 5.75 Å². The van der Waals surface area contributed by atoms with Crippen LogP contribution in [0, 0.1) is 11.7 Å². The molecule has 4 aromatic carbocycles. The van der Waals surface area contributed by atoms with Crippen molar-refractivity contribution >= 4 is 45.8 Å². The van der Waals surface area contributed by atoms with Crippen LogP contribution in [-0.2, 0) is 4.74 Å². The van der Waals surface area contributed by atoms with Crippen LogP contribution >= 0.6 is 0 Å². The van der Waals surface area contributed by atoms with Crippen LogP contribution in [-0.4, -0.2) is 84.5 Å². The number of aliphatic hydroxyl groups excluding tert-OH is 1. The molecule has 4 atom stereocenters. The minimum absolute atomic E-state index is 0.210. The minimum atomic E-state index is -0.572. The maximum atomic E-state index is 14.4. The normalized spacial score (nSPS) is 19.1. The summed E-state index contributed by atoms with van der Waals surface area (Å²) in [7, 11) is 1.72. The number of fused-ring (bicyclic) bond motifs is 2. The Labute approximate surface area is 304 Å². The van der Waals surface area contributed by atoms with Gasteiger partial charge in [0.1, 0.15) is 11.6 Å². The molecular formula is C40H48FN5O6. The van der Waals surface area contributed by atoms with Gasteiger partial charge in [0, 0.05) is 49.4 Å². The molecule has 0 saturated heterocycles. The molecule has 0 saturated carbocycles. The number of aliphatic hydroxyl groups is 1. The van der Waals surface area contributed by atoms with Crippen molar-refractivity contribution in [3.05, 3.63) is 96.3 Å². The van der Waals surface area contributed by atoms with E-state index in [2.05, 4.69) is 16.0 Å². The van der Waals surface area contributed by atoms with Gasteiger partial charge in [-0.05, 0) is 87.0 Å². The van der Waals surface area contributed by atoms with E-state index in [4.69, 9.17) is 9.47 Å². The lowest BCUT2D eigenvalue weighted by Crippen LogP contribution is -2.48. The fourth-order valence-corrected chi connectivity index (χ4v) is 6.19. The highest BCUT2D eigenvalue weighted by Crippen LogP contribution is 2.29. The molecular weight excluding hydrogens is 665 g/mol. The smallest absolute Gasteiger partial charge is 0.323 e. The van der Waals surface area contributed by atoms with Gasteiger partial charge in [-0.2, -0.15) is 0 Å². The predicted molar refractivity (Wildman–Crippen MR) is 202 cm³/mol. The van der Waals surface area contributed by atoms with Crippen molar-refractivity contribution in [1.82, 2.24) is 9.80 Å². The third-order valence-electron chi connectivity index (χ3n) is 9.24. The molecule has 0 radical (unpaired) electrons. The number of amides is 5. The van der Waals surface area contributed by atoms with E-state index in [1.807, 2.05) is 56.3 Å². The van der Waals surface area contributed by atoms with Crippen molar-refractivity contribution in [1.29, 1.82) is 0 Å². The molecule has 1 aliphatic heterocycles. The monoisotopic (exact) mass is 713 g/mol. The van der Waals surface area contributed by atoms with Crippen LogP contribution in [0.3, 0.4) is 0 Å². The second kappa shape index (κ2) is 17.8. The first-order chi connectivity index (χ1) is 25.0. The summed E-state index contributed by atoms with van der Waals surface area (Å²) in [5.41, 5.74) is 1.67. The van der Waals surface area contributed by atoms with Crippen molar-refractivity contribution in [3.63, 3.8) is 0 Å². The minimum Gasteiger partial charge on any atom is -0.490 e. The first kappa shape index (κ1) is 38.0. The summed E-state index contributed by atoms with van der Waals surface area (Å²) < 4.78 is 26.0. The maximum Gasteiger partial charge on any atom is 0.323 e. The van der Waals surface area contributed by atoms with E-state index in [-0.39, 0.29) is 43.3 Å². The Kier molecular flexibility index (Phi) is 13.0. The van der Waals surface area contributed by atoms with Gasteiger partial charge in [-0.3, -0.25) is 4.79 Å². The lowest BCUT2D eigenvalue weighted by atomic mass is 10.0. The van der Waals surface area contributed by atoms with Gasteiger partial charge < -0.3 is 40.3 Å². The number of hydrogen-bond acceptors (Lipinski definition) is 6. The summed E-state index contributed by atoms with van der Waals surface area (Å²) in [6.07, 6.45) is 1.65. The number of halogens is 1. The molecule has 1 heterocycles. The van der Waals surface area contributed by atoms with Crippen LogP contribution in [0.1, 0.15) is 50.4 Å². The van der Waals surface area contributed by atoms with E-state index in [1.165, 1.54) is 24.3 Å². The first-order valence-corrected chi connectivity index (χ1v) is 17.7. The zero-order valence-electron chi connectivity index (χ0n) is 30.1. The molecule has 4 aromatic rings. The lowest BCUT2D eigenvalue weighted by Gasteiger charge is -2.35. The fraction of sp³-hybridized carbons (Fsp3) is 0.375. The number of hydrogen-bond donors (Lipinski definition) is 4. The van der Waals surface area contributed by atoms with E-state index in [0.29, 0.717) is 35.8 Å². The Morgan fingerprint density at radius 2 is 1.67 bits per heavy atom. The number of carbonyl (C=O) groups excluding carboxylic acids is 3. The summed E-state index contributed by atoms with van der Waals surface area (Å²) in [6, 6.07) is 22.4. The third kappa shape index (κ3) is 9.98. The van der Waals surface area contributed by atoms with Crippen LogP contribution in [0.25, 0.3) is 10.8 Å². The van der Waals surface area contributed by atoms with Crippen molar-refractivity contribution in [2.45, 2.75) is 58.3 Å². The number of ether oxygens (including phenoxy) is 2. The fourth-order valence-electron chi connectivity index (χ4n) is 6.19. The van der Waals surface area contributed by atoms with Gasteiger partial charge in [0.25, 0.3) is 5.91 Å². The van der Waals surface area contributed by atoms with Gasteiger partial charge in [-0.1, -0.05) is 43.3 Å². The molecule has 5 rings (SSSR count). The Bertz CT molecular complexity index is 1830. The SMILES string of the molecule is C[C@@H]1CN([C@@H](C)CO)C(=O)c2cc(NC(=O)Nc3ccc(F)cc3)ccc2O[C@@H](C)CCCCO[C@H]1CN(C)C(=O)Nc1cccc2ccccc12. The molecule has 0 fully saturated rings. The molecule has 0 aliphatic carbocycles. The highest BCUT2D eigenvalue weighted by molar-refractivity contribution is 6.03. The second-order valence-corrected chi connectivity index (χ2v) is 13.4. The van der Waals surface area contributed by atoms with Gasteiger partial charge >= 0.3 is 12.1 Å². The van der Waals surface area contributed by atoms with E-state index in [0.717, 1.165) is 23.6 Å². The summed E-state index contributed by atoms with van der Waals surface area (Å²) in [5, 5.41) is 20.7. The highest BCUT2D eigenvalue weighted by Gasteiger charge is 2.31. The molecule has 52 heavy (non-hydrogen) atoms. The van der Waals surface area contributed by atoms with E-state index < -0.39 is 29.9 Å². The van der Waals surface area contributed by atoms with Crippen LogP contribution in [0.15, 0.2) is 84.9 Å². The molecule has 0 spiro atoms. The first-order valence-electron chi connectivity index (χ1n) is 17.7. The Hall–Kier alpha value is -5.20.